The molecule has 18 heavy (non-hydrogen) atoms. The Morgan fingerprint density at radius 3 is 2.89 bits per heavy atom. The van der Waals surface area contributed by atoms with Gasteiger partial charge in [0, 0.05) is 0 Å². The summed E-state index contributed by atoms with van der Waals surface area (Å²) in [6, 6.07) is 2.00. The molecule has 0 spiro atoms. The zero-order chi connectivity index (χ0) is 13.6. The predicted octanol–water partition coefficient (Wildman–Crippen LogP) is 0.0550. The lowest BCUT2D eigenvalue weighted by atomic mass is 10.1. The molecule has 0 aromatic carbocycles. The summed E-state index contributed by atoms with van der Waals surface area (Å²) in [5, 5.41) is 19.5. The summed E-state index contributed by atoms with van der Waals surface area (Å²) in [7, 11) is 1.30. The number of hydrogen-bond donors (Lipinski definition) is 0. The van der Waals surface area contributed by atoms with Crippen LogP contribution < -0.4 is 0 Å². The maximum absolute atomic E-state index is 11.4. The van der Waals surface area contributed by atoms with Crippen LogP contribution in [0.2, 0.25) is 0 Å². The van der Waals surface area contributed by atoms with E-state index in [1.807, 2.05) is 6.07 Å². The average molecular weight is 253 g/mol. The molecule has 1 aromatic heterocycles. The zero-order valence-corrected chi connectivity index (χ0v) is 10.6. The van der Waals surface area contributed by atoms with Crippen LogP contribution in [0.5, 0.6) is 0 Å². The van der Waals surface area contributed by atoms with E-state index in [0.717, 1.165) is 0 Å². The molecule has 8 heteroatoms. The van der Waals surface area contributed by atoms with E-state index < -0.39 is 11.6 Å². The van der Waals surface area contributed by atoms with Crippen LogP contribution in [-0.2, 0) is 27.4 Å². The number of carbonyl (C=O) groups excluding carboxylic acids is 1. The first-order valence-corrected chi connectivity index (χ1v) is 5.35. The molecule has 0 bridgehead atoms. The van der Waals surface area contributed by atoms with Crippen LogP contribution in [0.25, 0.3) is 0 Å². The molecule has 0 fully saturated rings. The maximum Gasteiger partial charge on any atom is 0.337 e. The third-order valence-electron chi connectivity index (χ3n) is 2.28. The fourth-order valence-corrected chi connectivity index (χ4v) is 1.21. The van der Waals surface area contributed by atoms with Gasteiger partial charge in [-0.3, -0.25) is 0 Å². The van der Waals surface area contributed by atoms with E-state index in [-0.39, 0.29) is 6.61 Å². The predicted molar refractivity (Wildman–Crippen MR) is 58.9 cm³/mol. The summed E-state index contributed by atoms with van der Waals surface area (Å²) < 4.78 is 11.5. The van der Waals surface area contributed by atoms with Crippen molar-refractivity contribution in [1.29, 1.82) is 5.26 Å². The van der Waals surface area contributed by atoms with Crippen molar-refractivity contribution >= 4 is 5.97 Å². The van der Waals surface area contributed by atoms with Gasteiger partial charge in [0.15, 0.2) is 11.4 Å². The molecule has 0 unspecified atom stereocenters. The number of tetrazole rings is 1. The standard InChI is InChI=1S/C10H15N5O3/c1-10(2,9(16)17-3)18-7-8-12-13-14-15(8)6-4-5-11/h4,6-7H2,1-3H3. The number of aromatic nitrogens is 4. The van der Waals surface area contributed by atoms with Crippen LogP contribution in [-0.4, -0.2) is 38.9 Å². The van der Waals surface area contributed by atoms with Gasteiger partial charge in [-0.05, 0) is 24.3 Å². The number of methoxy groups -OCH3 is 1. The Balaban J connectivity index is 2.61. The smallest absolute Gasteiger partial charge is 0.337 e. The second-order valence-electron chi connectivity index (χ2n) is 4.02. The van der Waals surface area contributed by atoms with Crippen LogP contribution in [0.1, 0.15) is 26.1 Å². The summed E-state index contributed by atoms with van der Waals surface area (Å²) in [5.41, 5.74) is -1.07. The third-order valence-corrected chi connectivity index (χ3v) is 2.28. The van der Waals surface area contributed by atoms with Crippen molar-refractivity contribution in [2.45, 2.75) is 39.0 Å². The fraction of sp³-hybridized carbons (Fsp3) is 0.700. The summed E-state index contributed by atoms with van der Waals surface area (Å²) >= 11 is 0. The molecule has 0 N–H and O–H groups in total. The number of esters is 1. The SMILES string of the molecule is COC(=O)C(C)(C)OCc1nnnn1CCC#N. The first kappa shape index (κ1) is 14.1. The molecule has 1 heterocycles. The van der Waals surface area contributed by atoms with Gasteiger partial charge >= 0.3 is 5.97 Å². The molecule has 8 nitrogen and oxygen atoms in total. The lowest BCUT2D eigenvalue weighted by Crippen LogP contribution is -2.36. The number of aryl methyl sites for hydroxylation is 1. The van der Waals surface area contributed by atoms with Crippen molar-refractivity contribution in [3.05, 3.63) is 5.82 Å². The van der Waals surface area contributed by atoms with E-state index in [0.29, 0.717) is 18.8 Å². The highest BCUT2D eigenvalue weighted by Crippen LogP contribution is 2.13. The quantitative estimate of drug-likeness (QED) is 0.660. The average Bonchev–Trinajstić information content (AvgIpc) is 2.80. The Bertz CT molecular complexity index is 449. The molecule has 0 aliphatic rings. The maximum atomic E-state index is 11.4. The lowest BCUT2D eigenvalue weighted by Gasteiger charge is -2.21. The van der Waals surface area contributed by atoms with E-state index in [4.69, 9.17) is 10.00 Å². The van der Waals surface area contributed by atoms with Gasteiger partial charge in [0.1, 0.15) is 6.61 Å². The number of nitriles is 1. The van der Waals surface area contributed by atoms with Crippen LogP contribution in [0.3, 0.4) is 0 Å². The minimum absolute atomic E-state index is 0.0700. The second-order valence-corrected chi connectivity index (χ2v) is 4.02. The lowest BCUT2D eigenvalue weighted by molar-refractivity contribution is -0.166. The van der Waals surface area contributed by atoms with Crippen LogP contribution in [0, 0.1) is 11.3 Å². The topological polar surface area (TPSA) is 103 Å². The zero-order valence-electron chi connectivity index (χ0n) is 10.6. The number of carbonyl (C=O) groups is 1. The van der Waals surface area contributed by atoms with E-state index in [2.05, 4.69) is 20.3 Å². The normalized spacial score (nSPS) is 11.0. The highest BCUT2D eigenvalue weighted by Gasteiger charge is 2.30. The Morgan fingerprint density at radius 1 is 1.56 bits per heavy atom. The number of hydrogen-bond acceptors (Lipinski definition) is 7. The van der Waals surface area contributed by atoms with Gasteiger partial charge in [-0.1, -0.05) is 0 Å². The highest BCUT2D eigenvalue weighted by atomic mass is 16.6. The molecule has 0 radical (unpaired) electrons. The van der Waals surface area contributed by atoms with Crippen LogP contribution in [0.4, 0.5) is 0 Å². The van der Waals surface area contributed by atoms with E-state index in [9.17, 15) is 4.79 Å². The summed E-state index contributed by atoms with van der Waals surface area (Å²) in [4.78, 5) is 11.4. The van der Waals surface area contributed by atoms with E-state index in [1.165, 1.54) is 11.8 Å². The largest absolute Gasteiger partial charge is 0.467 e. The molecule has 0 atom stereocenters. The van der Waals surface area contributed by atoms with Gasteiger partial charge in [-0.25, -0.2) is 9.48 Å². The molecular formula is C10H15N5O3. The number of nitrogens with zero attached hydrogens (tertiary/aromatic N) is 5. The van der Waals surface area contributed by atoms with Crippen LogP contribution >= 0.6 is 0 Å². The molecule has 98 valence electrons. The fourth-order valence-electron chi connectivity index (χ4n) is 1.21. The summed E-state index contributed by atoms with van der Waals surface area (Å²) in [6.07, 6.45) is 0.304. The van der Waals surface area contributed by atoms with Crippen molar-refractivity contribution < 1.29 is 14.3 Å². The van der Waals surface area contributed by atoms with Crippen molar-refractivity contribution in [2.75, 3.05) is 7.11 Å². The van der Waals surface area contributed by atoms with Gasteiger partial charge in [0.2, 0.25) is 0 Å². The second kappa shape index (κ2) is 6.07. The third kappa shape index (κ3) is 3.49. The van der Waals surface area contributed by atoms with Gasteiger partial charge < -0.3 is 9.47 Å². The van der Waals surface area contributed by atoms with Crippen molar-refractivity contribution in [1.82, 2.24) is 20.2 Å². The van der Waals surface area contributed by atoms with E-state index >= 15 is 0 Å². The van der Waals surface area contributed by atoms with Crippen LogP contribution in [0.15, 0.2) is 0 Å². The number of rotatable bonds is 6. The van der Waals surface area contributed by atoms with Gasteiger partial charge in [0.05, 0.1) is 26.1 Å². The minimum atomic E-state index is -1.07. The molecule has 0 aliphatic carbocycles. The molecule has 0 amide bonds. The highest BCUT2D eigenvalue weighted by molar-refractivity contribution is 5.78. The van der Waals surface area contributed by atoms with Gasteiger partial charge in [-0.15, -0.1) is 5.10 Å². The Kier molecular flexibility index (Phi) is 4.74. The van der Waals surface area contributed by atoms with Crippen molar-refractivity contribution in [2.24, 2.45) is 0 Å². The van der Waals surface area contributed by atoms with Crippen molar-refractivity contribution in [3.63, 3.8) is 0 Å². The Labute approximate surface area is 104 Å². The molecule has 1 aromatic rings. The molecule has 0 saturated heterocycles. The van der Waals surface area contributed by atoms with E-state index in [1.54, 1.807) is 13.8 Å². The Morgan fingerprint density at radius 2 is 2.28 bits per heavy atom. The summed E-state index contributed by atoms with van der Waals surface area (Å²) in [6.45, 7) is 3.66. The number of ether oxygens (including phenoxy) is 2. The minimum Gasteiger partial charge on any atom is -0.467 e. The molecule has 0 saturated carbocycles. The van der Waals surface area contributed by atoms with Crippen molar-refractivity contribution in [3.8, 4) is 6.07 Å². The van der Waals surface area contributed by atoms with Gasteiger partial charge in [0.25, 0.3) is 0 Å². The molecule has 1 rings (SSSR count). The van der Waals surface area contributed by atoms with Gasteiger partial charge in [-0.2, -0.15) is 5.26 Å². The monoisotopic (exact) mass is 253 g/mol. The molecule has 0 aliphatic heterocycles. The Hall–Kier alpha value is -2.01. The molecular weight excluding hydrogens is 238 g/mol. The first-order valence-electron chi connectivity index (χ1n) is 5.35. The summed E-state index contributed by atoms with van der Waals surface area (Å²) in [5.74, 6) is -0.0132. The first-order chi connectivity index (χ1) is 8.51.